The zero-order chi connectivity index (χ0) is 25.5. The summed E-state index contributed by atoms with van der Waals surface area (Å²) in [6.07, 6.45) is 6.50. The Balaban J connectivity index is 1.34. The largest absolute Gasteiger partial charge is 0.490 e. The van der Waals surface area contributed by atoms with Crippen molar-refractivity contribution >= 4 is 23.4 Å². The molecule has 2 aliphatic heterocycles. The molecule has 3 atom stereocenters. The Kier molecular flexibility index (Phi) is 8.53. The van der Waals surface area contributed by atoms with Crippen molar-refractivity contribution < 1.29 is 23.9 Å². The van der Waals surface area contributed by atoms with Crippen LogP contribution in [0.1, 0.15) is 54.9 Å². The summed E-state index contributed by atoms with van der Waals surface area (Å²) in [7, 11) is 1.77. The topological polar surface area (TPSA) is 110 Å². The van der Waals surface area contributed by atoms with Crippen molar-refractivity contribution in [2.45, 2.75) is 63.7 Å². The van der Waals surface area contributed by atoms with Gasteiger partial charge in [-0.15, -0.1) is 0 Å². The van der Waals surface area contributed by atoms with Gasteiger partial charge in [-0.1, -0.05) is 6.92 Å². The molecular weight excluding hydrogens is 460 g/mol. The van der Waals surface area contributed by atoms with Crippen LogP contribution in [0.3, 0.4) is 0 Å². The third-order valence-corrected chi connectivity index (χ3v) is 6.67. The molecule has 1 aromatic carbocycles. The molecular formula is C27H34N4O5. The lowest BCUT2D eigenvalue weighted by Gasteiger charge is -2.42. The van der Waals surface area contributed by atoms with E-state index in [0.717, 1.165) is 18.4 Å². The van der Waals surface area contributed by atoms with E-state index in [1.165, 1.54) is 0 Å². The lowest BCUT2D eigenvalue weighted by atomic mass is 9.94. The van der Waals surface area contributed by atoms with Crippen molar-refractivity contribution in [2.75, 3.05) is 25.5 Å². The van der Waals surface area contributed by atoms with Crippen LogP contribution < -0.4 is 15.4 Å². The summed E-state index contributed by atoms with van der Waals surface area (Å²) in [6.45, 7) is 2.77. The van der Waals surface area contributed by atoms with Crippen molar-refractivity contribution in [3.8, 4) is 5.75 Å². The first kappa shape index (κ1) is 25.6. The lowest BCUT2D eigenvalue weighted by Crippen LogP contribution is -2.54. The number of hydrogen-bond acceptors (Lipinski definition) is 6. The van der Waals surface area contributed by atoms with E-state index >= 15 is 0 Å². The molecule has 192 valence electrons. The molecule has 0 bridgehead atoms. The quantitative estimate of drug-likeness (QED) is 0.584. The van der Waals surface area contributed by atoms with Gasteiger partial charge in [0.15, 0.2) is 0 Å². The van der Waals surface area contributed by atoms with E-state index in [0.29, 0.717) is 42.8 Å². The summed E-state index contributed by atoms with van der Waals surface area (Å²) in [6, 6.07) is 8.83. The lowest BCUT2D eigenvalue weighted by molar-refractivity contribution is -0.134. The van der Waals surface area contributed by atoms with Gasteiger partial charge in [0.25, 0.3) is 5.91 Å². The number of carbonyl (C=O) groups is 3. The first-order valence-electron chi connectivity index (χ1n) is 12.6. The molecule has 0 radical (unpaired) electrons. The van der Waals surface area contributed by atoms with Gasteiger partial charge in [0.05, 0.1) is 24.1 Å². The van der Waals surface area contributed by atoms with Gasteiger partial charge in [-0.3, -0.25) is 19.4 Å². The second kappa shape index (κ2) is 12.0. The summed E-state index contributed by atoms with van der Waals surface area (Å²) in [5, 5.41) is 5.80. The Morgan fingerprint density at radius 1 is 1.14 bits per heavy atom. The number of fused-ring (bicyclic) bond motifs is 2. The van der Waals surface area contributed by atoms with Crippen molar-refractivity contribution in [3.63, 3.8) is 0 Å². The van der Waals surface area contributed by atoms with E-state index < -0.39 is 0 Å². The fraction of sp³-hybridized carbons (Fsp3) is 0.481. The van der Waals surface area contributed by atoms with Crippen LogP contribution in [0.25, 0.3) is 0 Å². The van der Waals surface area contributed by atoms with Gasteiger partial charge >= 0.3 is 0 Å². The molecule has 1 aromatic heterocycles. The highest BCUT2D eigenvalue weighted by atomic mass is 16.5. The smallest absolute Gasteiger partial charge is 0.257 e. The van der Waals surface area contributed by atoms with E-state index in [2.05, 4.69) is 15.6 Å². The predicted octanol–water partition coefficient (Wildman–Crippen LogP) is 2.95. The van der Waals surface area contributed by atoms with E-state index in [4.69, 9.17) is 9.47 Å². The SMILES string of the molecule is CCCC(=O)Nc1ccc2c(c1)C(=O)N(C)[C@@H]1CC[C@@H](CC(=O)NCCc3ccncc3)O[C@H]1CO2. The van der Waals surface area contributed by atoms with Crippen LogP contribution in [-0.4, -0.2) is 66.1 Å². The highest BCUT2D eigenvalue weighted by Crippen LogP contribution is 2.32. The molecule has 9 heteroatoms. The molecule has 1 saturated heterocycles. The molecule has 36 heavy (non-hydrogen) atoms. The number of ether oxygens (including phenoxy) is 2. The number of pyridine rings is 1. The standard InChI is InChI=1S/C27H34N4O5/c1-3-4-25(32)30-19-5-8-23-21(15-19)27(34)31(2)22-7-6-20(36-24(22)17-35-23)16-26(33)29-14-11-18-9-12-28-13-10-18/h5,8-10,12-13,15,20,22,24H,3-4,6-7,11,14,16-17H2,1-2H3,(H,29,33)(H,30,32)/t20-,22+,24-/m0/s1. The Bertz CT molecular complexity index is 1080. The number of hydrogen-bond donors (Lipinski definition) is 2. The summed E-state index contributed by atoms with van der Waals surface area (Å²) in [5.74, 6) is 0.144. The number of aromatic nitrogens is 1. The van der Waals surface area contributed by atoms with Gasteiger partial charge in [0.2, 0.25) is 11.8 Å². The second-order valence-corrected chi connectivity index (χ2v) is 9.34. The molecule has 0 unspecified atom stereocenters. The zero-order valence-corrected chi connectivity index (χ0v) is 20.9. The Hall–Kier alpha value is -3.46. The number of likely N-dealkylation sites (N-methyl/N-ethyl adjacent to an activating group) is 1. The van der Waals surface area contributed by atoms with Crippen LogP contribution >= 0.6 is 0 Å². The molecule has 3 amide bonds. The third-order valence-electron chi connectivity index (χ3n) is 6.67. The zero-order valence-electron chi connectivity index (χ0n) is 20.9. The molecule has 2 aliphatic rings. The molecule has 0 spiro atoms. The van der Waals surface area contributed by atoms with E-state index in [1.807, 2.05) is 19.1 Å². The van der Waals surface area contributed by atoms with Gasteiger partial charge in [-0.05, 0) is 61.6 Å². The van der Waals surface area contributed by atoms with E-state index in [-0.39, 0.29) is 49.0 Å². The minimum absolute atomic E-state index is 0.0494. The molecule has 0 saturated carbocycles. The maximum atomic E-state index is 13.3. The number of amides is 3. The molecule has 0 aliphatic carbocycles. The van der Waals surface area contributed by atoms with Crippen molar-refractivity contribution in [1.29, 1.82) is 0 Å². The van der Waals surface area contributed by atoms with Crippen molar-refractivity contribution in [1.82, 2.24) is 15.2 Å². The summed E-state index contributed by atoms with van der Waals surface area (Å²) in [4.78, 5) is 43.5. The molecule has 9 nitrogen and oxygen atoms in total. The first-order chi connectivity index (χ1) is 17.4. The van der Waals surface area contributed by atoms with Crippen molar-refractivity contribution in [3.05, 3.63) is 53.9 Å². The highest BCUT2D eigenvalue weighted by molar-refractivity contribution is 5.99. The van der Waals surface area contributed by atoms with Crippen LogP contribution in [0.15, 0.2) is 42.7 Å². The third kappa shape index (κ3) is 6.40. The average molecular weight is 495 g/mol. The van der Waals surface area contributed by atoms with Crippen LogP contribution in [-0.2, 0) is 20.7 Å². The monoisotopic (exact) mass is 494 g/mol. The van der Waals surface area contributed by atoms with Gasteiger partial charge in [-0.25, -0.2) is 0 Å². The van der Waals surface area contributed by atoms with Crippen LogP contribution in [0.2, 0.25) is 0 Å². The Morgan fingerprint density at radius 2 is 1.94 bits per heavy atom. The predicted molar refractivity (Wildman–Crippen MR) is 135 cm³/mol. The van der Waals surface area contributed by atoms with Crippen LogP contribution in [0, 0.1) is 0 Å². The average Bonchev–Trinajstić information content (AvgIpc) is 2.87. The molecule has 3 heterocycles. The molecule has 4 rings (SSSR count). The summed E-state index contributed by atoms with van der Waals surface area (Å²) < 4.78 is 12.3. The number of carbonyl (C=O) groups excluding carboxylic acids is 3. The fourth-order valence-electron chi connectivity index (χ4n) is 4.73. The van der Waals surface area contributed by atoms with E-state index in [1.54, 1.807) is 42.5 Å². The number of rotatable bonds is 8. The van der Waals surface area contributed by atoms with Gasteiger partial charge in [-0.2, -0.15) is 0 Å². The second-order valence-electron chi connectivity index (χ2n) is 9.34. The first-order valence-corrected chi connectivity index (χ1v) is 12.6. The van der Waals surface area contributed by atoms with Crippen LogP contribution in [0.4, 0.5) is 5.69 Å². The minimum atomic E-state index is -0.334. The summed E-state index contributed by atoms with van der Waals surface area (Å²) in [5.41, 5.74) is 2.11. The van der Waals surface area contributed by atoms with Crippen LogP contribution in [0.5, 0.6) is 5.75 Å². The number of benzene rings is 1. The Morgan fingerprint density at radius 3 is 2.72 bits per heavy atom. The summed E-state index contributed by atoms with van der Waals surface area (Å²) >= 11 is 0. The highest BCUT2D eigenvalue weighted by Gasteiger charge is 2.39. The molecule has 2 N–H and O–H groups in total. The number of anilines is 1. The van der Waals surface area contributed by atoms with Crippen molar-refractivity contribution in [2.24, 2.45) is 0 Å². The fourth-order valence-corrected chi connectivity index (χ4v) is 4.73. The maximum Gasteiger partial charge on any atom is 0.257 e. The van der Waals surface area contributed by atoms with Gasteiger partial charge in [0, 0.05) is 38.1 Å². The van der Waals surface area contributed by atoms with Gasteiger partial charge < -0.3 is 25.0 Å². The number of nitrogens with zero attached hydrogens (tertiary/aromatic N) is 2. The Labute approximate surface area is 211 Å². The van der Waals surface area contributed by atoms with E-state index in [9.17, 15) is 14.4 Å². The molecule has 2 aromatic rings. The maximum absolute atomic E-state index is 13.3. The van der Waals surface area contributed by atoms with Gasteiger partial charge in [0.1, 0.15) is 18.5 Å². The number of nitrogens with one attached hydrogen (secondary N) is 2. The minimum Gasteiger partial charge on any atom is -0.490 e. The normalized spacial score (nSPS) is 21.3. The molecule has 1 fully saturated rings.